The molecule has 1 amide bonds. The van der Waals surface area contributed by atoms with Gasteiger partial charge in [0, 0.05) is 10.2 Å². The van der Waals surface area contributed by atoms with Crippen LogP contribution in [0.25, 0.3) is 10.8 Å². The van der Waals surface area contributed by atoms with Gasteiger partial charge in [-0.15, -0.1) is 0 Å². The van der Waals surface area contributed by atoms with Gasteiger partial charge in [0.15, 0.2) is 0 Å². The summed E-state index contributed by atoms with van der Waals surface area (Å²) in [6.45, 7) is 3.87. The average molecular weight is 321 g/mol. The maximum Gasteiger partial charge on any atom is 0.241 e. The largest absolute Gasteiger partial charge is 0.325 e. The van der Waals surface area contributed by atoms with Crippen molar-refractivity contribution in [1.29, 1.82) is 0 Å². The first-order valence-electron chi connectivity index (χ1n) is 6.23. The third-order valence-corrected chi connectivity index (χ3v) is 3.58. The monoisotopic (exact) mass is 320 g/mol. The number of amides is 1. The van der Waals surface area contributed by atoms with Crippen molar-refractivity contribution in [1.82, 2.24) is 0 Å². The molecule has 100 valence electrons. The lowest BCUT2D eigenvalue weighted by Crippen LogP contribution is -2.39. The molecule has 0 radical (unpaired) electrons. The van der Waals surface area contributed by atoms with E-state index in [1.807, 2.05) is 50.2 Å². The highest BCUT2D eigenvalue weighted by Gasteiger charge is 2.17. The average Bonchev–Trinajstić information content (AvgIpc) is 2.37. The second-order valence-corrected chi connectivity index (χ2v) is 5.88. The molecule has 1 unspecified atom stereocenters. The zero-order valence-electron chi connectivity index (χ0n) is 11.0. The fraction of sp³-hybridized carbons (Fsp3) is 0.267. The first-order valence-corrected chi connectivity index (χ1v) is 7.02. The predicted octanol–water partition coefficient (Wildman–Crippen LogP) is 3.52. The molecule has 3 nitrogen and oxygen atoms in total. The molecule has 1 atom stereocenters. The minimum atomic E-state index is -0.486. The maximum absolute atomic E-state index is 11.9. The molecule has 0 fully saturated rings. The van der Waals surface area contributed by atoms with Crippen molar-refractivity contribution in [2.75, 3.05) is 5.32 Å². The number of benzene rings is 2. The van der Waals surface area contributed by atoms with Crippen LogP contribution >= 0.6 is 15.9 Å². The fourth-order valence-corrected chi connectivity index (χ4v) is 2.20. The van der Waals surface area contributed by atoms with Crippen LogP contribution in [0, 0.1) is 5.92 Å². The lowest BCUT2D eigenvalue weighted by atomic mass is 10.0. The van der Waals surface area contributed by atoms with Gasteiger partial charge in [-0.05, 0) is 41.0 Å². The number of hydrogen-bond donors (Lipinski definition) is 2. The van der Waals surface area contributed by atoms with E-state index in [4.69, 9.17) is 5.73 Å². The van der Waals surface area contributed by atoms with Crippen molar-refractivity contribution in [2.24, 2.45) is 11.7 Å². The zero-order chi connectivity index (χ0) is 14.0. The number of carbonyl (C=O) groups excluding carboxylic acids is 1. The summed E-state index contributed by atoms with van der Waals surface area (Å²) in [6, 6.07) is 11.4. The molecule has 0 spiro atoms. The Bertz CT molecular complexity index is 610. The Kier molecular flexibility index (Phi) is 4.22. The number of fused-ring (bicyclic) bond motifs is 1. The van der Waals surface area contributed by atoms with Crippen LogP contribution in [0.5, 0.6) is 0 Å². The lowest BCUT2D eigenvalue weighted by molar-refractivity contribution is -0.118. The van der Waals surface area contributed by atoms with Gasteiger partial charge in [0.05, 0.1) is 6.04 Å². The van der Waals surface area contributed by atoms with Gasteiger partial charge >= 0.3 is 0 Å². The Morgan fingerprint density at radius 1 is 1.16 bits per heavy atom. The summed E-state index contributed by atoms with van der Waals surface area (Å²) in [5.41, 5.74) is 6.60. The second-order valence-electron chi connectivity index (χ2n) is 4.97. The van der Waals surface area contributed by atoms with E-state index in [9.17, 15) is 4.79 Å². The van der Waals surface area contributed by atoms with E-state index in [1.165, 1.54) is 0 Å². The van der Waals surface area contributed by atoms with E-state index >= 15 is 0 Å². The number of carbonyl (C=O) groups is 1. The molecule has 0 saturated carbocycles. The lowest BCUT2D eigenvalue weighted by Gasteiger charge is -2.15. The van der Waals surface area contributed by atoms with Crippen LogP contribution < -0.4 is 11.1 Å². The predicted molar refractivity (Wildman–Crippen MR) is 83.1 cm³/mol. The third kappa shape index (κ3) is 3.33. The minimum Gasteiger partial charge on any atom is -0.325 e. The van der Waals surface area contributed by atoms with Gasteiger partial charge in [-0.1, -0.05) is 41.9 Å². The molecular weight excluding hydrogens is 304 g/mol. The summed E-state index contributed by atoms with van der Waals surface area (Å²) in [6.07, 6.45) is 0. The Hall–Kier alpha value is -1.39. The second kappa shape index (κ2) is 5.72. The normalized spacial score (nSPS) is 12.7. The molecule has 0 saturated heterocycles. The number of rotatable bonds is 3. The van der Waals surface area contributed by atoms with Crippen molar-refractivity contribution in [3.05, 3.63) is 40.9 Å². The standard InChI is InChI=1S/C15H17BrN2O/c1-9(2)14(17)15(19)18-13-6-4-10-7-12(16)5-3-11(10)8-13/h3-9,14H,17H2,1-2H3,(H,18,19). The summed E-state index contributed by atoms with van der Waals surface area (Å²) in [7, 11) is 0. The van der Waals surface area contributed by atoms with Gasteiger partial charge < -0.3 is 11.1 Å². The summed E-state index contributed by atoms with van der Waals surface area (Å²) in [5.74, 6) is -0.0251. The van der Waals surface area contributed by atoms with Crippen LogP contribution in [0.4, 0.5) is 5.69 Å². The maximum atomic E-state index is 11.9. The van der Waals surface area contributed by atoms with Crippen molar-refractivity contribution in [3.63, 3.8) is 0 Å². The smallest absolute Gasteiger partial charge is 0.241 e. The SMILES string of the molecule is CC(C)C(N)C(=O)Nc1ccc2cc(Br)ccc2c1. The van der Waals surface area contributed by atoms with Gasteiger partial charge in [0.2, 0.25) is 5.91 Å². The molecule has 0 heterocycles. The van der Waals surface area contributed by atoms with E-state index in [-0.39, 0.29) is 11.8 Å². The van der Waals surface area contributed by atoms with Crippen molar-refractivity contribution in [3.8, 4) is 0 Å². The number of halogens is 1. The zero-order valence-corrected chi connectivity index (χ0v) is 12.6. The molecule has 4 heteroatoms. The topological polar surface area (TPSA) is 55.1 Å². The third-order valence-electron chi connectivity index (χ3n) is 3.09. The molecule has 0 aliphatic carbocycles. The highest BCUT2D eigenvalue weighted by molar-refractivity contribution is 9.10. The molecule has 0 bridgehead atoms. The number of nitrogens with two attached hydrogens (primary N) is 1. The Labute approximate surface area is 121 Å². The highest BCUT2D eigenvalue weighted by atomic mass is 79.9. The van der Waals surface area contributed by atoms with Crippen LogP contribution in [0.1, 0.15) is 13.8 Å². The molecule has 0 aliphatic rings. The summed E-state index contributed by atoms with van der Waals surface area (Å²) >= 11 is 3.44. The fourth-order valence-electron chi connectivity index (χ4n) is 1.82. The van der Waals surface area contributed by atoms with Gasteiger partial charge in [-0.25, -0.2) is 0 Å². The minimum absolute atomic E-state index is 0.122. The Balaban J connectivity index is 2.22. The summed E-state index contributed by atoms with van der Waals surface area (Å²) in [5, 5.41) is 5.06. The molecule has 0 aliphatic heterocycles. The van der Waals surface area contributed by atoms with E-state index in [0.717, 1.165) is 20.9 Å². The molecule has 0 aromatic heterocycles. The van der Waals surface area contributed by atoms with Gasteiger partial charge in [0.25, 0.3) is 0 Å². The quantitative estimate of drug-likeness (QED) is 0.909. The van der Waals surface area contributed by atoms with E-state index in [0.29, 0.717) is 0 Å². The van der Waals surface area contributed by atoms with E-state index in [2.05, 4.69) is 21.2 Å². The van der Waals surface area contributed by atoms with Crippen molar-refractivity contribution < 1.29 is 4.79 Å². The Morgan fingerprint density at radius 3 is 2.47 bits per heavy atom. The summed E-state index contributed by atoms with van der Waals surface area (Å²) in [4.78, 5) is 11.9. The molecule has 2 rings (SSSR count). The van der Waals surface area contributed by atoms with Crippen LogP contribution in [0.3, 0.4) is 0 Å². The Morgan fingerprint density at radius 2 is 1.79 bits per heavy atom. The van der Waals surface area contributed by atoms with Gasteiger partial charge in [-0.3, -0.25) is 4.79 Å². The number of nitrogens with one attached hydrogen (secondary N) is 1. The van der Waals surface area contributed by atoms with Crippen molar-refractivity contribution >= 4 is 38.3 Å². The van der Waals surface area contributed by atoms with Crippen LogP contribution in [0.15, 0.2) is 40.9 Å². The number of hydrogen-bond acceptors (Lipinski definition) is 2. The molecular formula is C15H17BrN2O. The molecule has 19 heavy (non-hydrogen) atoms. The molecule has 2 aromatic rings. The van der Waals surface area contributed by atoms with Gasteiger partial charge in [-0.2, -0.15) is 0 Å². The van der Waals surface area contributed by atoms with Crippen LogP contribution in [0.2, 0.25) is 0 Å². The highest BCUT2D eigenvalue weighted by Crippen LogP contribution is 2.23. The van der Waals surface area contributed by atoms with Gasteiger partial charge in [0.1, 0.15) is 0 Å². The summed E-state index contributed by atoms with van der Waals surface area (Å²) < 4.78 is 1.04. The molecule has 2 aromatic carbocycles. The number of anilines is 1. The van der Waals surface area contributed by atoms with E-state index < -0.39 is 6.04 Å². The van der Waals surface area contributed by atoms with Crippen molar-refractivity contribution in [2.45, 2.75) is 19.9 Å². The van der Waals surface area contributed by atoms with Crippen LogP contribution in [-0.2, 0) is 4.79 Å². The first-order chi connectivity index (χ1) is 8.97. The first kappa shape index (κ1) is 14.0. The molecule has 3 N–H and O–H groups in total. The van der Waals surface area contributed by atoms with Crippen LogP contribution in [-0.4, -0.2) is 11.9 Å². The van der Waals surface area contributed by atoms with E-state index in [1.54, 1.807) is 0 Å².